The fraction of sp³-hybridized carbons (Fsp3) is 0.308. The van der Waals surface area contributed by atoms with Crippen molar-refractivity contribution in [3.8, 4) is 0 Å². The fourth-order valence-corrected chi connectivity index (χ4v) is 1.20. The van der Waals surface area contributed by atoms with Gasteiger partial charge in [-0.05, 0) is 37.8 Å². The minimum Gasteiger partial charge on any atom is -0.289 e. The highest BCUT2D eigenvalue weighted by Gasteiger charge is 2.10. The normalized spacial score (nSPS) is 12.4. The maximum absolute atomic E-state index is 11.9. The van der Waals surface area contributed by atoms with Crippen LogP contribution in [-0.2, 0) is 4.79 Å². The van der Waals surface area contributed by atoms with Crippen molar-refractivity contribution in [3.63, 3.8) is 0 Å². The molecule has 1 nitrogen and oxygen atoms in total. The van der Waals surface area contributed by atoms with Gasteiger partial charge in [-0.15, -0.1) is 13.2 Å². The van der Waals surface area contributed by atoms with Crippen LogP contribution in [0.15, 0.2) is 48.6 Å². The molecule has 0 spiro atoms. The summed E-state index contributed by atoms with van der Waals surface area (Å²) in [4.78, 5) is 11.9. The van der Waals surface area contributed by atoms with E-state index in [0.29, 0.717) is 12.8 Å². The Hall–Kier alpha value is -1.37. The van der Waals surface area contributed by atoms with Crippen molar-refractivity contribution in [2.45, 2.75) is 26.7 Å². The Morgan fingerprint density at radius 1 is 1.00 bits per heavy atom. The molecule has 0 saturated heterocycles. The van der Waals surface area contributed by atoms with Gasteiger partial charge in [0.05, 0.1) is 0 Å². The Labute approximate surface area is 86.5 Å². The van der Waals surface area contributed by atoms with E-state index in [2.05, 4.69) is 13.2 Å². The molecule has 1 heteroatoms. The molecule has 0 rings (SSSR count). The molecule has 0 heterocycles. The van der Waals surface area contributed by atoms with Gasteiger partial charge >= 0.3 is 0 Å². The first kappa shape index (κ1) is 12.6. The number of Topliss-reactive ketones (excluding diaryl/α,β-unsaturated/α-hetero) is 1. The Morgan fingerprint density at radius 3 is 1.57 bits per heavy atom. The fourth-order valence-electron chi connectivity index (χ4n) is 1.20. The monoisotopic (exact) mass is 190 g/mol. The van der Waals surface area contributed by atoms with Crippen LogP contribution in [0.3, 0.4) is 0 Å². The molecule has 14 heavy (non-hydrogen) atoms. The van der Waals surface area contributed by atoms with Crippen LogP contribution in [0.1, 0.15) is 26.7 Å². The molecule has 76 valence electrons. The summed E-state index contributed by atoms with van der Waals surface area (Å²) in [6.07, 6.45) is 8.43. The second-order valence-corrected chi connectivity index (χ2v) is 2.94. The van der Waals surface area contributed by atoms with Crippen LogP contribution >= 0.6 is 0 Å². The van der Waals surface area contributed by atoms with E-state index in [1.54, 1.807) is 12.2 Å². The van der Waals surface area contributed by atoms with Gasteiger partial charge < -0.3 is 0 Å². The summed E-state index contributed by atoms with van der Waals surface area (Å²) in [5, 5.41) is 0. The smallest absolute Gasteiger partial charge is 0.184 e. The minimum absolute atomic E-state index is 0.106. The van der Waals surface area contributed by atoms with Crippen LogP contribution in [0.25, 0.3) is 0 Å². The van der Waals surface area contributed by atoms with Gasteiger partial charge in [0.1, 0.15) is 0 Å². The molecule has 0 N–H and O–H groups in total. The molecule has 0 bridgehead atoms. The lowest BCUT2D eigenvalue weighted by molar-refractivity contribution is -0.112. The average molecular weight is 190 g/mol. The van der Waals surface area contributed by atoms with Crippen LogP contribution < -0.4 is 0 Å². The Kier molecular flexibility index (Phi) is 6.38. The summed E-state index contributed by atoms with van der Waals surface area (Å²) in [7, 11) is 0. The Bertz CT molecular complexity index is 252. The van der Waals surface area contributed by atoms with Crippen LogP contribution in [0, 0.1) is 0 Å². The van der Waals surface area contributed by atoms with E-state index in [9.17, 15) is 4.79 Å². The molecule has 0 unspecified atom stereocenters. The lowest BCUT2D eigenvalue weighted by atomic mass is 9.98. The van der Waals surface area contributed by atoms with Gasteiger partial charge in [-0.25, -0.2) is 0 Å². The highest BCUT2D eigenvalue weighted by Crippen LogP contribution is 2.13. The van der Waals surface area contributed by atoms with Crippen molar-refractivity contribution in [1.29, 1.82) is 0 Å². The molecule has 0 amide bonds. The highest BCUT2D eigenvalue weighted by molar-refractivity contribution is 6.08. The van der Waals surface area contributed by atoms with Crippen molar-refractivity contribution in [2.75, 3.05) is 0 Å². The molecular weight excluding hydrogens is 172 g/mol. The Balaban J connectivity index is 4.72. The largest absolute Gasteiger partial charge is 0.289 e. The number of carbonyl (C=O) groups is 1. The zero-order valence-corrected chi connectivity index (χ0v) is 9.05. The third-order valence-corrected chi connectivity index (χ3v) is 2.01. The van der Waals surface area contributed by atoms with E-state index in [1.807, 2.05) is 26.0 Å². The topological polar surface area (TPSA) is 17.1 Å². The number of allylic oxidation sites excluding steroid dienone is 6. The number of hydrogen-bond donors (Lipinski definition) is 0. The standard InChI is InChI=1S/C13H18O/c1-5-9-11(7-3)13(14)12(8-4)10-6-2/h5-8H,1-2,9-10H2,3-4H3/b11-7-,12-8-. The van der Waals surface area contributed by atoms with Gasteiger partial charge in [-0.1, -0.05) is 24.3 Å². The molecule has 0 aliphatic carbocycles. The quantitative estimate of drug-likeness (QED) is 0.462. The van der Waals surface area contributed by atoms with Gasteiger partial charge in [-0.3, -0.25) is 4.79 Å². The van der Waals surface area contributed by atoms with Gasteiger partial charge in [0.15, 0.2) is 5.78 Å². The van der Waals surface area contributed by atoms with Gasteiger partial charge in [0.2, 0.25) is 0 Å². The molecule has 0 aromatic carbocycles. The second kappa shape index (κ2) is 7.07. The third kappa shape index (κ3) is 3.56. The van der Waals surface area contributed by atoms with Crippen molar-refractivity contribution >= 4 is 5.78 Å². The van der Waals surface area contributed by atoms with Crippen LogP contribution in [0.5, 0.6) is 0 Å². The molecule has 0 aliphatic rings. The lowest BCUT2D eigenvalue weighted by Gasteiger charge is -2.05. The molecule has 0 aliphatic heterocycles. The molecule has 0 saturated carbocycles. The van der Waals surface area contributed by atoms with Gasteiger partial charge in [0, 0.05) is 0 Å². The van der Waals surface area contributed by atoms with Gasteiger partial charge in [0.25, 0.3) is 0 Å². The maximum Gasteiger partial charge on any atom is 0.184 e. The molecule has 0 fully saturated rings. The zero-order chi connectivity index (χ0) is 11.0. The zero-order valence-electron chi connectivity index (χ0n) is 9.05. The Morgan fingerprint density at radius 2 is 1.36 bits per heavy atom. The predicted octanol–water partition coefficient (Wildman–Crippen LogP) is 3.60. The van der Waals surface area contributed by atoms with Crippen molar-refractivity contribution in [3.05, 3.63) is 48.6 Å². The van der Waals surface area contributed by atoms with Crippen LogP contribution in [0.4, 0.5) is 0 Å². The van der Waals surface area contributed by atoms with E-state index in [0.717, 1.165) is 11.1 Å². The van der Waals surface area contributed by atoms with E-state index >= 15 is 0 Å². The van der Waals surface area contributed by atoms with E-state index in [4.69, 9.17) is 0 Å². The number of hydrogen-bond acceptors (Lipinski definition) is 1. The predicted molar refractivity (Wildman–Crippen MR) is 62.1 cm³/mol. The summed E-state index contributed by atoms with van der Waals surface area (Å²) >= 11 is 0. The first-order valence-corrected chi connectivity index (χ1v) is 4.78. The highest BCUT2D eigenvalue weighted by atomic mass is 16.1. The molecular formula is C13H18O. The third-order valence-electron chi connectivity index (χ3n) is 2.01. The average Bonchev–Trinajstić information content (AvgIpc) is 2.21. The summed E-state index contributed by atoms with van der Waals surface area (Å²) in [5.74, 6) is 0.106. The summed E-state index contributed by atoms with van der Waals surface area (Å²) in [5.41, 5.74) is 1.60. The number of rotatable bonds is 6. The first-order chi connectivity index (χ1) is 6.71. The lowest BCUT2D eigenvalue weighted by Crippen LogP contribution is -2.05. The van der Waals surface area contributed by atoms with Crippen molar-refractivity contribution in [1.82, 2.24) is 0 Å². The van der Waals surface area contributed by atoms with Crippen molar-refractivity contribution in [2.24, 2.45) is 0 Å². The number of carbonyl (C=O) groups excluding carboxylic acids is 1. The van der Waals surface area contributed by atoms with Crippen LogP contribution in [0.2, 0.25) is 0 Å². The SMILES string of the molecule is C=CC/C(=C/C)C(=O)/C(=C\C)CC=C. The minimum atomic E-state index is 0.106. The molecule has 0 aromatic rings. The van der Waals surface area contributed by atoms with Gasteiger partial charge in [-0.2, -0.15) is 0 Å². The summed E-state index contributed by atoms with van der Waals surface area (Å²) < 4.78 is 0. The molecule has 0 aromatic heterocycles. The summed E-state index contributed by atoms with van der Waals surface area (Å²) in [6.45, 7) is 11.0. The molecule has 0 atom stereocenters. The summed E-state index contributed by atoms with van der Waals surface area (Å²) in [6, 6.07) is 0. The maximum atomic E-state index is 11.9. The van der Waals surface area contributed by atoms with E-state index in [1.165, 1.54) is 0 Å². The molecule has 0 radical (unpaired) electrons. The van der Waals surface area contributed by atoms with Crippen LogP contribution in [-0.4, -0.2) is 5.78 Å². The first-order valence-electron chi connectivity index (χ1n) is 4.78. The number of ketones is 1. The van der Waals surface area contributed by atoms with E-state index in [-0.39, 0.29) is 5.78 Å². The second-order valence-electron chi connectivity index (χ2n) is 2.94. The van der Waals surface area contributed by atoms with Crippen molar-refractivity contribution < 1.29 is 4.79 Å². The van der Waals surface area contributed by atoms with E-state index < -0.39 is 0 Å².